The Bertz CT molecular complexity index is 815. The summed E-state index contributed by atoms with van der Waals surface area (Å²) in [7, 11) is 0. The first kappa shape index (κ1) is 17.5. The molecule has 130 valence electrons. The summed E-state index contributed by atoms with van der Waals surface area (Å²) in [5, 5.41) is 0. The lowest BCUT2D eigenvalue weighted by molar-refractivity contribution is -0.127. The van der Waals surface area contributed by atoms with Crippen molar-refractivity contribution in [2.24, 2.45) is 5.41 Å². The number of fused-ring (bicyclic) bond motifs is 1. The topological polar surface area (TPSA) is 20.3 Å². The minimum atomic E-state index is -0.457. The number of anilines is 2. The van der Waals surface area contributed by atoms with E-state index >= 15 is 0 Å². The zero-order valence-electron chi connectivity index (χ0n) is 15.7. The predicted molar refractivity (Wildman–Crippen MR) is 105 cm³/mol. The molecule has 0 N–H and O–H groups in total. The average Bonchev–Trinajstić information content (AvgIpc) is 2.55. The molecule has 0 aliphatic carbocycles. The number of hydrogen-bond donors (Lipinski definition) is 0. The summed E-state index contributed by atoms with van der Waals surface area (Å²) in [5.74, 6) is 0.155. The summed E-state index contributed by atoms with van der Waals surface area (Å²) in [4.78, 5) is 15.5. The van der Waals surface area contributed by atoms with E-state index in [-0.39, 0.29) is 11.3 Å². The van der Waals surface area contributed by atoms with Crippen molar-refractivity contribution in [3.8, 4) is 0 Å². The summed E-state index contributed by atoms with van der Waals surface area (Å²) in [5.41, 5.74) is 3.89. The van der Waals surface area contributed by atoms with E-state index in [2.05, 4.69) is 64.6 Å². The third-order valence-corrected chi connectivity index (χ3v) is 5.08. The second-order valence-corrected chi connectivity index (χ2v) is 8.27. The van der Waals surface area contributed by atoms with E-state index in [0.29, 0.717) is 6.42 Å². The van der Waals surface area contributed by atoms with E-state index in [4.69, 9.17) is 0 Å². The van der Waals surface area contributed by atoms with E-state index in [0.717, 1.165) is 17.8 Å². The van der Waals surface area contributed by atoms with Crippen molar-refractivity contribution in [3.63, 3.8) is 0 Å². The number of rotatable bonds is 3. The fourth-order valence-electron chi connectivity index (χ4n) is 3.77. The van der Waals surface area contributed by atoms with Crippen LogP contribution in [0.2, 0.25) is 0 Å². The highest BCUT2D eigenvalue weighted by Crippen LogP contribution is 2.45. The summed E-state index contributed by atoms with van der Waals surface area (Å²) < 4.78 is 0. The van der Waals surface area contributed by atoms with E-state index < -0.39 is 5.41 Å². The van der Waals surface area contributed by atoms with Gasteiger partial charge in [0, 0.05) is 0 Å². The molecule has 1 heterocycles. The maximum atomic E-state index is 13.6. The smallest absolute Gasteiger partial charge is 0.238 e. The molecule has 0 unspecified atom stereocenters. The normalized spacial score (nSPS) is 20.3. The van der Waals surface area contributed by atoms with Gasteiger partial charge < -0.3 is 0 Å². The average molecular weight is 333 g/mol. The molecule has 0 fully saturated rings. The van der Waals surface area contributed by atoms with Gasteiger partial charge in [-0.2, -0.15) is 0 Å². The quantitative estimate of drug-likeness (QED) is 0.651. The summed E-state index contributed by atoms with van der Waals surface area (Å²) in [6, 6.07) is 16.5. The van der Waals surface area contributed by atoms with E-state index in [9.17, 15) is 4.79 Å². The SMILES string of the molecule is C=CC[C@]1(C)Cc2ccccc2N(c2ccccc2C(C)(C)C)C1=O. The molecule has 1 aliphatic rings. The Hall–Kier alpha value is -2.35. The first-order chi connectivity index (χ1) is 11.8. The number of amides is 1. The Balaban J connectivity index is 2.24. The molecular weight excluding hydrogens is 306 g/mol. The highest BCUT2D eigenvalue weighted by Gasteiger charge is 2.43. The van der Waals surface area contributed by atoms with Crippen LogP contribution in [0.1, 0.15) is 45.2 Å². The molecule has 0 saturated heterocycles. The maximum Gasteiger partial charge on any atom is 0.238 e. The molecule has 0 radical (unpaired) electrons. The third kappa shape index (κ3) is 3.02. The van der Waals surface area contributed by atoms with Gasteiger partial charge in [-0.3, -0.25) is 9.69 Å². The van der Waals surface area contributed by atoms with Crippen LogP contribution in [0.15, 0.2) is 61.2 Å². The van der Waals surface area contributed by atoms with Crippen molar-refractivity contribution in [2.45, 2.75) is 46.0 Å². The first-order valence-electron chi connectivity index (χ1n) is 8.91. The molecule has 1 aliphatic heterocycles. The van der Waals surface area contributed by atoms with Crippen molar-refractivity contribution in [3.05, 3.63) is 72.3 Å². The van der Waals surface area contributed by atoms with Crippen molar-refractivity contribution in [1.82, 2.24) is 0 Å². The zero-order valence-corrected chi connectivity index (χ0v) is 15.7. The van der Waals surface area contributed by atoms with Gasteiger partial charge in [-0.1, -0.05) is 70.2 Å². The Morgan fingerprint density at radius 2 is 1.68 bits per heavy atom. The molecule has 0 saturated carbocycles. The van der Waals surface area contributed by atoms with E-state index in [1.54, 1.807) is 0 Å². The molecule has 2 aromatic rings. The predicted octanol–water partition coefficient (Wildman–Crippen LogP) is 5.79. The minimum Gasteiger partial charge on any atom is -0.280 e. The molecule has 0 spiro atoms. The minimum absolute atomic E-state index is 0.0435. The van der Waals surface area contributed by atoms with Crippen molar-refractivity contribution in [2.75, 3.05) is 4.90 Å². The van der Waals surface area contributed by atoms with Gasteiger partial charge in [0.1, 0.15) is 0 Å². The van der Waals surface area contributed by atoms with Crippen molar-refractivity contribution < 1.29 is 4.79 Å². The van der Waals surface area contributed by atoms with Crippen LogP contribution in [0, 0.1) is 5.41 Å². The van der Waals surface area contributed by atoms with Crippen LogP contribution < -0.4 is 4.90 Å². The Kier molecular flexibility index (Phi) is 4.32. The van der Waals surface area contributed by atoms with Crippen LogP contribution in [0.5, 0.6) is 0 Å². The van der Waals surface area contributed by atoms with Gasteiger partial charge in [-0.15, -0.1) is 6.58 Å². The second-order valence-electron chi connectivity index (χ2n) is 8.27. The first-order valence-corrected chi connectivity index (χ1v) is 8.91. The van der Waals surface area contributed by atoms with Gasteiger partial charge in [-0.25, -0.2) is 0 Å². The maximum absolute atomic E-state index is 13.6. The Morgan fingerprint density at radius 1 is 1.08 bits per heavy atom. The Morgan fingerprint density at radius 3 is 2.32 bits per heavy atom. The fourth-order valence-corrected chi connectivity index (χ4v) is 3.77. The largest absolute Gasteiger partial charge is 0.280 e. The number of nitrogens with zero attached hydrogens (tertiary/aromatic N) is 1. The van der Waals surface area contributed by atoms with E-state index in [1.165, 1.54) is 11.1 Å². The standard InChI is InChI=1S/C23H27NO/c1-6-15-23(5)16-17-11-7-9-13-19(17)24(21(23)25)20-14-10-8-12-18(20)22(2,3)4/h6-14H,1,15-16H2,2-5H3/t23-/m1/s1. The number of benzene rings is 2. The second kappa shape index (κ2) is 6.18. The molecule has 1 atom stereocenters. The van der Waals surface area contributed by atoms with Gasteiger partial charge >= 0.3 is 0 Å². The van der Waals surface area contributed by atoms with E-state index in [1.807, 2.05) is 29.2 Å². The van der Waals surface area contributed by atoms with Gasteiger partial charge in [0.2, 0.25) is 5.91 Å². The lowest BCUT2D eigenvalue weighted by atomic mass is 9.75. The molecule has 3 rings (SSSR count). The highest BCUT2D eigenvalue weighted by atomic mass is 16.2. The third-order valence-electron chi connectivity index (χ3n) is 5.08. The van der Waals surface area contributed by atoms with Crippen LogP contribution >= 0.6 is 0 Å². The van der Waals surface area contributed by atoms with Crippen LogP contribution in [0.3, 0.4) is 0 Å². The van der Waals surface area contributed by atoms with Gasteiger partial charge in [0.05, 0.1) is 16.8 Å². The highest BCUT2D eigenvalue weighted by molar-refractivity contribution is 6.07. The number of allylic oxidation sites excluding steroid dienone is 1. The Labute approximate surface area is 151 Å². The van der Waals surface area contributed by atoms with Crippen molar-refractivity contribution in [1.29, 1.82) is 0 Å². The monoisotopic (exact) mass is 333 g/mol. The van der Waals surface area contributed by atoms with Crippen LogP contribution in [-0.4, -0.2) is 5.91 Å². The lowest BCUT2D eigenvalue weighted by Gasteiger charge is -2.42. The van der Waals surface area contributed by atoms with Crippen LogP contribution in [0.4, 0.5) is 11.4 Å². The lowest BCUT2D eigenvalue weighted by Crippen LogP contribution is -2.45. The number of carbonyl (C=O) groups excluding carboxylic acids is 1. The molecule has 2 nitrogen and oxygen atoms in total. The summed E-state index contributed by atoms with van der Waals surface area (Å²) >= 11 is 0. The zero-order chi connectivity index (χ0) is 18.2. The number of carbonyl (C=O) groups is 1. The van der Waals surface area contributed by atoms with Crippen molar-refractivity contribution >= 4 is 17.3 Å². The molecule has 25 heavy (non-hydrogen) atoms. The molecule has 0 bridgehead atoms. The summed E-state index contributed by atoms with van der Waals surface area (Å²) in [6.45, 7) is 12.5. The summed E-state index contributed by atoms with van der Waals surface area (Å²) in [6.07, 6.45) is 3.29. The molecule has 2 aromatic carbocycles. The van der Waals surface area contributed by atoms with Gasteiger partial charge in [0.15, 0.2) is 0 Å². The molecule has 1 amide bonds. The number of para-hydroxylation sites is 2. The molecule has 2 heteroatoms. The fraction of sp³-hybridized carbons (Fsp3) is 0.348. The van der Waals surface area contributed by atoms with Crippen LogP contribution in [-0.2, 0) is 16.6 Å². The molecular formula is C23H27NO. The van der Waals surface area contributed by atoms with Crippen LogP contribution in [0.25, 0.3) is 0 Å². The van der Waals surface area contributed by atoms with Gasteiger partial charge in [0.25, 0.3) is 0 Å². The van der Waals surface area contributed by atoms with Gasteiger partial charge in [-0.05, 0) is 41.5 Å². The number of hydrogen-bond acceptors (Lipinski definition) is 1. The molecule has 0 aromatic heterocycles.